The first-order valence-corrected chi connectivity index (χ1v) is 5.58. The molecule has 0 spiro atoms. The summed E-state index contributed by atoms with van der Waals surface area (Å²) in [5, 5.41) is 0. The van der Waals surface area contributed by atoms with Gasteiger partial charge in [0.05, 0.1) is 4.47 Å². The third kappa shape index (κ3) is 1.72. The molecule has 82 valence electrons. The van der Waals surface area contributed by atoms with Gasteiger partial charge in [0.25, 0.3) is 0 Å². The van der Waals surface area contributed by atoms with Gasteiger partial charge in [0, 0.05) is 5.54 Å². The maximum atomic E-state index is 6.13. The molecule has 1 aromatic carbocycles. The number of aryl methyl sites for hydroxylation is 1. The third-order valence-electron chi connectivity index (χ3n) is 2.45. The first-order chi connectivity index (χ1) is 6.91. The molecule has 0 amide bonds. The molecule has 0 aliphatic carbocycles. The van der Waals surface area contributed by atoms with Crippen molar-refractivity contribution in [1.29, 1.82) is 0 Å². The Hall–Kier alpha value is -0.740. The lowest BCUT2D eigenvalue weighted by molar-refractivity contribution is 0.173. The molecule has 1 aliphatic rings. The molecule has 1 aliphatic heterocycles. The summed E-state index contributed by atoms with van der Waals surface area (Å²) >= 11 is 3.53. The Kier molecular flexibility index (Phi) is 2.43. The molecule has 0 saturated heterocycles. The van der Waals surface area contributed by atoms with Gasteiger partial charge in [0.1, 0.15) is 0 Å². The fourth-order valence-electron chi connectivity index (χ4n) is 1.91. The minimum atomic E-state index is -0.399. The van der Waals surface area contributed by atoms with Crippen molar-refractivity contribution in [2.45, 2.75) is 26.3 Å². The van der Waals surface area contributed by atoms with Crippen LogP contribution in [0.1, 0.15) is 25.0 Å². The van der Waals surface area contributed by atoms with Gasteiger partial charge in [-0.15, -0.1) is 0 Å². The molecule has 4 heteroatoms. The molecule has 0 aromatic heterocycles. The van der Waals surface area contributed by atoms with E-state index in [9.17, 15) is 0 Å². The number of fused-ring (bicyclic) bond motifs is 1. The molecular weight excluding hydrogens is 258 g/mol. The molecule has 1 aromatic rings. The summed E-state index contributed by atoms with van der Waals surface area (Å²) in [4.78, 5) is 0. The van der Waals surface area contributed by atoms with Gasteiger partial charge in [-0.1, -0.05) is 0 Å². The second-order valence-electron chi connectivity index (χ2n) is 4.34. The van der Waals surface area contributed by atoms with E-state index in [1.54, 1.807) is 0 Å². The van der Waals surface area contributed by atoms with Crippen LogP contribution in [0.4, 0.5) is 0 Å². The fourth-order valence-corrected chi connectivity index (χ4v) is 3.05. The maximum Gasteiger partial charge on any atom is 0.231 e. The molecule has 15 heavy (non-hydrogen) atoms. The lowest BCUT2D eigenvalue weighted by atomic mass is 9.91. The number of halogens is 1. The van der Waals surface area contributed by atoms with Crippen LogP contribution in [0.3, 0.4) is 0 Å². The van der Waals surface area contributed by atoms with Crippen molar-refractivity contribution < 1.29 is 9.47 Å². The summed E-state index contributed by atoms with van der Waals surface area (Å²) in [5.41, 5.74) is 7.90. The Morgan fingerprint density at radius 1 is 1.40 bits per heavy atom. The van der Waals surface area contributed by atoms with Gasteiger partial charge < -0.3 is 15.2 Å². The minimum absolute atomic E-state index is 0.280. The SMILES string of the molecule is Cc1cc2c(c(Br)c1C(C)(C)N)OCO2. The van der Waals surface area contributed by atoms with E-state index in [1.165, 1.54) is 0 Å². The Bertz CT molecular complexity index is 410. The third-order valence-corrected chi connectivity index (χ3v) is 3.20. The monoisotopic (exact) mass is 271 g/mol. The molecule has 0 radical (unpaired) electrons. The van der Waals surface area contributed by atoms with E-state index in [4.69, 9.17) is 15.2 Å². The van der Waals surface area contributed by atoms with E-state index in [1.807, 2.05) is 26.8 Å². The second kappa shape index (κ2) is 3.39. The van der Waals surface area contributed by atoms with Gasteiger partial charge in [0.2, 0.25) is 6.79 Å². The molecule has 3 nitrogen and oxygen atoms in total. The quantitative estimate of drug-likeness (QED) is 0.854. The number of benzene rings is 1. The molecule has 0 unspecified atom stereocenters. The van der Waals surface area contributed by atoms with E-state index >= 15 is 0 Å². The highest BCUT2D eigenvalue weighted by molar-refractivity contribution is 9.10. The molecule has 0 fully saturated rings. The standard InChI is InChI=1S/C11H14BrNO2/c1-6-4-7-10(15-5-14-7)9(12)8(6)11(2,3)13/h4H,5,13H2,1-3H3. The van der Waals surface area contributed by atoms with Crippen LogP contribution in [0.25, 0.3) is 0 Å². The molecule has 2 rings (SSSR count). The largest absolute Gasteiger partial charge is 0.454 e. The topological polar surface area (TPSA) is 44.5 Å². The van der Waals surface area contributed by atoms with Gasteiger partial charge in [-0.2, -0.15) is 0 Å². The van der Waals surface area contributed by atoms with Gasteiger partial charge in [0.15, 0.2) is 11.5 Å². The number of ether oxygens (including phenoxy) is 2. The summed E-state index contributed by atoms with van der Waals surface area (Å²) < 4.78 is 11.6. The Balaban J connectivity index is 2.67. The molecular formula is C11H14BrNO2. The van der Waals surface area contributed by atoms with Crippen LogP contribution in [0.2, 0.25) is 0 Å². The average molecular weight is 272 g/mol. The summed E-state index contributed by atoms with van der Waals surface area (Å²) in [6.07, 6.45) is 0. The van der Waals surface area contributed by atoms with Gasteiger partial charge >= 0.3 is 0 Å². The number of hydrogen-bond acceptors (Lipinski definition) is 3. The highest BCUT2D eigenvalue weighted by Crippen LogP contribution is 2.45. The lowest BCUT2D eigenvalue weighted by Crippen LogP contribution is -2.30. The number of rotatable bonds is 1. The zero-order chi connectivity index (χ0) is 11.2. The first-order valence-electron chi connectivity index (χ1n) is 4.79. The molecule has 1 heterocycles. The normalized spacial score (nSPS) is 14.5. The fraction of sp³-hybridized carbons (Fsp3) is 0.455. The predicted octanol–water partition coefficient (Wildman–Crippen LogP) is 2.68. The summed E-state index contributed by atoms with van der Waals surface area (Å²) in [6, 6.07) is 1.97. The predicted molar refractivity (Wildman–Crippen MR) is 62.2 cm³/mol. The smallest absolute Gasteiger partial charge is 0.231 e. The highest BCUT2D eigenvalue weighted by atomic mass is 79.9. The van der Waals surface area contributed by atoms with Crippen LogP contribution in [0.5, 0.6) is 11.5 Å². The number of hydrogen-bond donors (Lipinski definition) is 1. The Morgan fingerprint density at radius 2 is 2.07 bits per heavy atom. The maximum absolute atomic E-state index is 6.13. The van der Waals surface area contributed by atoms with E-state index in [-0.39, 0.29) is 6.79 Å². The highest BCUT2D eigenvalue weighted by Gasteiger charge is 2.27. The first kappa shape index (κ1) is 10.8. The van der Waals surface area contributed by atoms with Gasteiger partial charge in [-0.05, 0) is 53.9 Å². The van der Waals surface area contributed by atoms with E-state index in [0.717, 1.165) is 27.1 Å². The van der Waals surface area contributed by atoms with Crippen molar-refractivity contribution in [2.75, 3.05) is 6.79 Å². The van der Waals surface area contributed by atoms with Gasteiger partial charge in [-0.3, -0.25) is 0 Å². The van der Waals surface area contributed by atoms with E-state index in [0.29, 0.717) is 0 Å². The van der Waals surface area contributed by atoms with Crippen molar-refractivity contribution in [3.05, 3.63) is 21.7 Å². The molecule has 0 saturated carbocycles. The van der Waals surface area contributed by atoms with Crippen molar-refractivity contribution in [3.63, 3.8) is 0 Å². The van der Waals surface area contributed by atoms with Crippen LogP contribution < -0.4 is 15.2 Å². The van der Waals surface area contributed by atoms with E-state index < -0.39 is 5.54 Å². The van der Waals surface area contributed by atoms with Gasteiger partial charge in [-0.25, -0.2) is 0 Å². The minimum Gasteiger partial charge on any atom is -0.454 e. The van der Waals surface area contributed by atoms with Crippen molar-refractivity contribution in [2.24, 2.45) is 5.73 Å². The Morgan fingerprint density at radius 3 is 2.67 bits per heavy atom. The van der Waals surface area contributed by atoms with Crippen molar-refractivity contribution >= 4 is 15.9 Å². The number of nitrogens with two attached hydrogens (primary N) is 1. The van der Waals surface area contributed by atoms with Crippen molar-refractivity contribution in [3.8, 4) is 11.5 Å². The van der Waals surface area contributed by atoms with Crippen LogP contribution in [0.15, 0.2) is 10.5 Å². The van der Waals surface area contributed by atoms with Crippen molar-refractivity contribution in [1.82, 2.24) is 0 Å². The zero-order valence-electron chi connectivity index (χ0n) is 9.06. The van der Waals surface area contributed by atoms with E-state index in [2.05, 4.69) is 15.9 Å². The molecule has 2 N–H and O–H groups in total. The summed E-state index contributed by atoms with van der Waals surface area (Å²) in [5.74, 6) is 1.54. The zero-order valence-corrected chi connectivity index (χ0v) is 10.6. The van der Waals surface area contributed by atoms with Crippen LogP contribution in [0, 0.1) is 6.92 Å². The molecule has 0 atom stereocenters. The molecule has 0 bridgehead atoms. The summed E-state index contributed by atoms with van der Waals surface area (Å²) in [6.45, 7) is 6.25. The van der Waals surface area contributed by atoms with Crippen LogP contribution >= 0.6 is 15.9 Å². The van der Waals surface area contributed by atoms with Crippen LogP contribution in [-0.4, -0.2) is 6.79 Å². The summed E-state index contributed by atoms with van der Waals surface area (Å²) in [7, 11) is 0. The Labute approximate surface area is 97.7 Å². The second-order valence-corrected chi connectivity index (χ2v) is 5.13. The lowest BCUT2D eigenvalue weighted by Gasteiger charge is -2.24. The average Bonchev–Trinajstić information content (AvgIpc) is 2.48. The van der Waals surface area contributed by atoms with Crippen LogP contribution in [-0.2, 0) is 5.54 Å².